The third kappa shape index (κ3) is 4.20. The van der Waals surface area contributed by atoms with Gasteiger partial charge in [-0.05, 0) is 18.2 Å². The predicted octanol–water partition coefficient (Wildman–Crippen LogP) is 0.853. The SMILES string of the molecule is CCN(CC)S(=O)(=O)c1cccc(C(=O)OCC(=O)N2CCOC2=O)c1. The molecule has 2 amide bonds. The van der Waals surface area contributed by atoms with Crippen molar-refractivity contribution in [3.05, 3.63) is 29.8 Å². The molecule has 0 atom stereocenters. The van der Waals surface area contributed by atoms with Gasteiger partial charge in [-0.25, -0.2) is 22.9 Å². The third-order valence-corrected chi connectivity index (χ3v) is 5.85. The molecule has 10 heteroatoms. The Morgan fingerprint density at radius 2 is 1.96 bits per heavy atom. The molecule has 0 N–H and O–H groups in total. The molecule has 0 aliphatic carbocycles. The van der Waals surface area contributed by atoms with Crippen molar-refractivity contribution >= 4 is 28.0 Å². The van der Waals surface area contributed by atoms with Gasteiger partial charge in [-0.1, -0.05) is 19.9 Å². The number of imide groups is 1. The Morgan fingerprint density at radius 3 is 2.54 bits per heavy atom. The number of cyclic esters (lactones) is 1. The van der Waals surface area contributed by atoms with Gasteiger partial charge >= 0.3 is 12.1 Å². The van der Waals surface area contributed by atoms with E-state index in [1.165, 1.54) is 28.6 Å². The monoisotopic (exact) mass is 384 g/mol. The van der Waals surface area contributed by atoms with E-state index in [2.05, 4.69) is 4.74 Å². The summed E-state index contributed by atoms with van der Waals surface area (Å²) in [7, 11) is -3.72. The molecule has 1 aromatic rings. The van der Waals surface area contributed by atoms with Crippen molar-refractivity contribution in [3.63, 3.8) is 0 Å². The van der Waals surface area contributed by atoms with Crippen LogP contribution in [0.2, 0.25) is 0 Å². The molecule has 0 radical (unpaired) electrons. The number of rotatable bonds is 7. The first-order chi connectivity index (χ1) is 12.3. The molecule has 0 unspecified atom stereocenters. The molecule has 1 saturated heterocycles. The lowest BCUT2D eigenvalue weighted by Crippen LogP contribution is -2.35. The number of hydrogen-bond donors (Lipinski definition) is 0. The molecule has 0 bridgehead atoms. The Balaban J connectivity index is 2.08. The number of sulfonamides is 1. The molecule has 9 nitrogen and oxygen atoms in total. The fourth-order valence-electron chi connectivity index (χ4n) is 2.40. The molecular weight excluding hydrogens is 364 g/mol. The summed E-state index contributed by atoms with van der Waals surface area (Å²) in [4.78, 5) is 36.0. The standard InChI is InChI=1S/C16H20N2O7S/c1-3-17(4-2)26(22,23)13-7-5-6-12(10-13)15(20)25-11-14(19)18-8-9-24-16(18)21/h5-7,10H,3-4,8-9,11H2,1-2H3. The van der Waals surface area contributed by atoms with Crippen molar-refractivity contribution in [2.75, 3.05) is 32.8 Å². The van der Waals surface area contributed by atoms with Gasteiger partial charge in [0.15, 0.2) is 6.61 Å². The lowest BCUT2D eigenvalue weighted by molar-refractivity contribution is -0.131. The van der Waals surface area contributed by atoms with Gasteiger partial charge in [0.2, 0.25) is 10.0 Å². The van der Waals surface area contributed by atoms with Gasteiger partial charge in [-0.15, -0.1) is 0 Å². The van der Waals surface area contributed by atoms with Gasteiger partial charge in [-0.2, -0.15) is 4.31 Å². The average molecular weight is 384 g/mol. The first kappa shape index (κ1) is 19.9. The number of esters is 1. The van der Waals surface area contributed by atoms with Crippen molar-refractivity contribution in [1.82, 2.24) is 9.21 Å². The van der Waals surface area contributed by atoms with E-state index in [9.17, 15) is 22.8 Å². The van der Waals surface area contributed by atoms with Gasteiger partial charge in [0.05, 0.1) is 17.0 Å². The van der Waals surface area contributed by atoms with Gasteiger partial charge in [0.1, 0.15) is 6.61 Å². The van der Waals surface area contributed by atoms with Crippen molar-refractivity contribution in [1.29, 1.82) is 0 Å². The van der Waals surface area contributed by atoms with Crippen LogP contribution in [-0.2, 0) is 24.3 Å². The van der Waals surface area contributed by atoms with E-state index in [0.717, 1.165) is 4.90 Å². The Labute approximate surface area is 151 Å². The Bertz CT molecular complexity index is 803. The first-order valence-electron chi connectivity index (χ1n) is 8.05. The van der Waals surface area contributed by atoms with Crippen molar-refractivity contribution in [3.8, 4) is 0 Å². The minimum absolute atomic E-state index is 0.00460. The van der Waals surface area contributed by atoms with E-state index >= 15 is 0 Å². The van der Waals surface area contributed by atoms with Gasteiger partial charge in [0, 0.05) is 13.1 Å². The highest BCUT2D eigenvalue weighted by atomic mass is 32.2. The molecule has 1 heterocycles. The summed E-state index contributed by atoms with van der Waals surface area (Å²) in [6, 6.07) is 5.39. The van der Waals surface area contributed by atoms with E-state index in [-0.39, 0.29) is 23.6 Å². The van der Waals surface area contributed by atoms with Crippen molar-refractivity contribution in [2.24, 2.45) is 0 Å². The Hall–Kier alpha value is -2.46. The maximum absolute atomic E-state index is 12.5. The fourth-order valence-corrected chi connectivity index (χ4v) is 3.91. The highest BCUT2D eigenvalue weighted by molar-refractivity contribution is 7.89. The number of benzene rings is 1. The quantitative estimate of drug-likeness (QED) is 0.641. The minimum atomic E-state index is -3.72. The number of hydrogen-bond acceptors (Lipinski definition) is 7. The number of ether oxygens (including phenoxy) is 2. The first-order valence-corrected chi connectivity index (χ1v) is 9.49. The van der Waals surface area contributed by atoms with Crippen LogP contribution >= 0.6 is 0 Å². The molecule has 0 aromatic heterocycles. The number of amides is 2. The van der Waals surface area contributed by atoms with E-state index in [1.807, 2.05) is 0 Å². The van der Waals surface area contributed by atoms with E-state index in [0.29, 0.717) is 13.1 Å². The van der Waals surface area contributed by atoms with Crippen LogP contribution in [-0.4, -0.2) is 68.4 Å². The molecular formula is C16H20N2O7S. The van der Waals surface area contributed by atoms with Crippen LogP contribution in [0.5, 0.6) is 0 Å². The number of carbonyl (C=O) groups excluding carboxylic acids is 3. The second-order valence-corrected chi connectivity index (χ2v) is 7.29. The van der Waals surface area contributed by atoms with Crippen LogP contribution in [0.25, 0.3) is 0 Å². The normalized spacial score (nSPS) is 14.4. The highest BCUT2D eigenvalue weighted by Crippen LogP contribution is 2.17. The smallest absolute Gasteiger partial charge is 0.416 e. The zero-order chi connectivity index (χ0) is 19.3. The molecule has 2 rings (SSSR count). The molecule has 1 aromatic carbocycles. The Morgan fingerprint density at radius 1 is 1.27 bits per heavy atom. The molecule has 1 aliphatic heterocycles. The van der Waals surface area contributed by atoms with E-state index in [4.69, 9.17) is 4.74 Å². The lowest BCUT2D eigenvalue weighted by atomic mass is 10.2. The zero-order valence-corrected chi connectivity index (χ0v) is 15.3. The van der Waals surface area contributed by atoms with Crippen LogP contribution in [0.1, 0.15) is 24.2 Å². The molecule has 26 heavy (non-hydrogen) atoms. The zero-order valence-electron chi connectivity index (χ0n) is 14.5. The second-order valence-electron chi connectivity index (χ2n) is 5.35. The van der Waals surface area contributed by atoms with Gasteiger partial charge in [0.25, 0.3) is 5.91 Å². The molecule has 0 spiro atoms. The molecule has 1 fully saturated rings. The van der Waals surface area contributed by atoms with E-state index < -0.39 is 34.6 Å². The summed E-state index contributed by atoms with van der Waals surface area (Å²) < 4.78 is 35.8. The summed E-state index contributed by atoms with van der Waals surface area (Å²) >= 11 is 0. The topological polar surface area (TPSA) is 110 Å². The molecule has 142 valence electrons. The number of carbonyl (C=O) groups is 3. The van der Waals surface area contributed by atoms with Gasteiger partial charge < -0.3 is 9.47 Å². The maximum atomic E-state index is 12.5. The lowest BCUT2D eigenvalue weighted by Gasteiger charge is -2.18. The van der Waals surface area contributed by atoms with Crippen LogP contribution in [0.3, 0.4) is 0 Å². The fraction of sp³-hybridized carbons (Fsp3) is 0.438. The summed E-state index contributed by atoms with van der Waals surface area (Å²) in [5, 5.41) is 0. The Kier molecular flexibility index (Phi) is 6.32. The minimum Gasteiger partial charge on any atom is -0.452 e. The summed E-state index contributed by atoms with van der Waals surface area (Å²) in [5.41, 5.74) is -0.00460. The van der Waals surface area contributed by atoms with Crippen LogP contribution in [0, 0.1) is 0 Å². The van der Waals surface area contributed by atoms with Crippen molar-refractivity contribution < 1.29 is 32.3 Å². The number of nitrogens with zero attached hydrogens (tertiary/aromatic N) is 2. The molecule has 1 aliphatic rings. The summed E-state index contributed by atoms with van der Waals surface area (Å²) in [6.07, 6.45) is -0.779. The summed E-state index contributed by atoms with van der Waals surface area (Å²) in [6.45, 7) is 3.60. The van der Waals surface area contributed by atoms with Crippen LogP contribution < -0.4 is 0 Å². The van der Waals surface area contributed by atoms with Gasteiger partial charge in [-0.3, -0.25) is 4.79 Å². The molecule has 0 saturated carbocycles. The highest BCUT2D eigenvalue weighted by Gasteiger charge is 2.29. The average Bonchev–Trinajstić information content (AvgIpc) is 3.06. The van der Waals surface area contributed by atoms with Crippen molar-refractivity contribution in [2.45, 2.75) is 18.7 Å². The maximum Gasteiger partial charge on any atom is 0.416 e. The van der Waals surface area contributed by atoms with Crippen LogP contribution in [0.4, 0.5) is 4.79 Å². The third-order valence-electron chi connectivity index (χ3n) is 3.80. The predicted molar refractivity (Wildman–Crippen MR) is 89.9 cm³/mol. The second kappa shape index (κ2) is 8.28. The van der Waals surface area contributed by atoms with E-state index in [1.54, 1.807) is 13.8 Å². The summed E-state index contributed by atoms with van der Waals surface area (Å²) in [5.74, 6) is -1.56. The van der Waals surface area contributed by atoms with Crippen LogP contribution in [0.15, 0.2) is 29.2 Å². The largest absolute Gasteiger partial charge is 0.452 e.